The third-order valence-corrected chi connectivity index (χ3v) is 4.96. The third-order valence-electron chi connectivity index (χ3n) is 4.71. The van der Waals surface area contributed by atoms with Gasteiger partial charge in [-0.15, -0.1) is 0 Å². The van der Waals surface area contributed by atoms with E-state index in [1.165, 1.54) is 6.07 Å². The molecule has 0 amide bonds. The first-order valence-corrected chi connectivity index (χ1v) is 9.65. The fourth-order valence-electron chi connectivity index (χ4n) is 3.05. The zero-order valence-corrected chi connectivity index (χ0v) is 17.4. The van der Waals surface area contributed by atoms with Crippen LogP contribution in [0.2, 0.25) is 0 Å². The molecule has 3 aromatic rings. The molecular weight excluding hydrogens is 375 g/mol. The van der Waals surface area contributed by atoms with E-state index in [4.69, 9.17) is 12.2 Å². The molecule has 0 atom stereocenters. The third kappa shape index (κ3) is 4.39. The van der Waals surface area contributed by atoms with Crippen LogP contribution < -0.4 is 10.6 Å². The minimum Gasteiger partial charge on any atom is -0.358 e. The van der Waals surface area contributed by atoms with Gasteiger partial charge in [0.25, 0.3) is 0 Å². The lowest BCUT2D eigenvalue weighted by molar-refractivity contribution is 0.579. The van der Waals surface area contributed by atoms with Gasteiger partial charge in [0.1, 0.15) is 5.82 Å². The van der Waals surface area contributed by atoms with Crippen LogP contribution in [-0.4, -0.2) is 24.7 Å². The van der Waals surface area contributed by atoms with Crippen molar-refractivity contribution in [1.29, 1.82) is 0 Å². The van der Waals surface area contributed by atoms with Gasteiger partial charge in [-0.05, 0) is 46.0 Å². The number of aromatic nitrogens is 4. The van der Waals surface area contributed by atoms with Crippen molar-refractivity contribution in [3.63, 3.8) is 0 Å². The Morgan fingerprint density at radius 2 is 1.86 bits per heavy atom. The van der Waals surface area contributed by atoms with Gasteiger partial charge in [0, 0.05) is 30.4 Å². The highest BCUT2D eigenvalue weighted by Gasteiger charge is 2.14. The maximum absolute atomic E-state index is 14.0. The molecule has 28 heavy (non-hydrogen) atoms. The Balaban J connectivity index is 1.67. The van der Waals surface area contributed by atoms with Crippen LogP contribution in [0.15, 0.2) is 30.5 Å². The number of aryl methyl sites for hydroxylation is 3. The molecule has 1 aromatic carbocycles. The Bertz CT molecular complexity index is 991. The van der Waals surface area contributed by atoms with Gasteiger partial charge in [0.2, 0.25) is 0 Å². The van der Waals surface area contributed by atoms with Crippen LogP contribution in [0.25, 0.3) is 0 Å². The van der Waals surface area contributed by atoms with Crippen LogP contribution in [0.1, 0.15) is 35.1 Å². The first kappa shape index (κ1) is 20.0. The van der Waals surface area contributed by atoms with E-state index in [0.29, 0.717) is 23.8 Å². The zero-order chi connectivity index (χ0) is 20.3. The number of benzene rings is 1. The number of halogens is 1. The van der Waals surface area contributed by atoms with Gasteiger partial charge in [-0.1, -0.05) is 18.2 Å². The summed E-state index contributed by atoms with van der Waals surface area (Å²) in [6.07, 6.45) is 2.02. The summed E-state index contributed by atoms with van der Waals surface area (Å²) in [5.41, 5.74) is 5.25. The lowest BCUT2D eigenvalue weighted by Gasteiger charge is -2.11. The Morgan fingerprint density at radius 1 is 1.11 bits per heavy atom. The molecule has 0 aliphatic heterocycles. The lowest BCUT2D eigenvalue weighted by Crippen LogP contribution is -2.28. The largest absolute Gasteiger partial charge is 0.358 e. The number of nitrogens with one attached hydrogen (secondary N) is 2. The molecule has 0 spiro atoms. The van der Waals surface area contributed by atoms with Crippen molar-refractivity contribution in [2.24, 2.45) is 0 Å². The number of hydrogen-bond acceptors (Lipinski definition) is 3. The topological polar surface area (TPSA) is 59.7 Å². The summed E-state index contributed by atoms with van der Waals surface area (Å²) in [6.45, 7) is 9.70. The monoisotopic (exact) mass is 400 g/mol. The molecule has 0 aliphatic rings. The fourth-order valence-corrected chi connectivity index (χ4v) is 3.22. The van der Waals surface area contributed by atoms with Gasteiger partial charge >= 0.3 is 0 Å². The highest BCUT2D eigenvalue weighted by Crippen LogP contribution is 2.21. The molecule has 2 aromatic heterocycles. The first-order chi connectivity index (χ1) is 13.4. The lowest BCUT2D eigenvalue weighted by atomic mass is 10.2. The molecule has 148 valence electrons. The van der Waals surface area contributed by atoms with E-state index < -0.39 is 0 Å². The van der Waals surface area contributed by atoms with Crippen LogP contribution in [0.3, 0.4) is 0 Å². The standard InChI is InChI=1S/C20H25FN6S/c1-5-26-11-17(13(2)24-26)10-22-20(28)23-19-14(3)25-27(15(19)4)12-16-8-6-7-9-18(16)21/h6-9,11H,5,10,12H2,1-4H3,(H2,22,23,28). The van der Waals surface area contributed by atoms with Gasteiger partial charge in [-0.3, -0.25) is 9.36 Å². The van der Waals surface area contributed by atoms with Gasteiger partial charge in [0.15, 0.2) is 5.11 Å². The van der Waals surface area contributed by atoms with Gasteiger partial charge in [-0.2, -0.15) is 10.2 Å². The van der Waals surface area contributed by atoms with Crippen LogP contribution in [0, 0.1) is 26.6 Å². The van der Waals surface area contributed by atoms with E-state index in [-0.39, 0.29) is 5.82 Å². The van der Waals surface area contributed by atoms with E-state index >= 15 is 0 Å². The Hall–Kier alpha value is -2.74. The summed E-state index contributed by atoms with van der Waals surface area (Å²) < 4.78 is 17.6. The molecule has 6 nitrogen and oxygen atoms in total. The van der Waals surface area contributed by atoms with Crippen LogP contribution in [-0.2, 0) is 19.6 Å². The second-order valence-corrected chi connectivity index (χ2v) is 7.11. The SMILES string of the molecule is CCn1cc(CNC(=S)Nc2c(C)nn(Cc3ccccc3F)c2C)c(C)n1. The summed E-state index contributed by atoms with van der Waals surface area (Å²) in [5.74, 6) is -0.232. The van der Waals surface area contributed by atoms with E-state index in [2.05, 4.69) is 27.8 Å². The molecular formula is C20H25FN6S. The normalized spacial score (nSPS) is 10.9. The van der Waals surface area contributed by atoms with Crippen molar-refractivity contribution in [1.82, 2.24) is 24.9 Å². The molecule has 0 saturated carbocycles. The second kappa shape index (κ2) is 8.52. The molecule has 0 saturated heterocycles. The van der Waals surface area contributed by atoms with Crippen molar-refractivity contribution in [3.8, 4) is 0 Å². The number of hydrogen-bond donors (Lipinski definition) is 2. The summed E-state index contributed by atoms with van der Waals surface area (Å²) in [4.78, 5) is 0. The Morgan fingerprint density at radius 3 is 2.54 bits per heavy atom. The minimum atomic E-state index is -0.232. The average Bonchev–Trinajstić information content (AvgIpc) is 3.16. The smallest absolute Gasteiger partial charge is 0.171 e. The number of anilines is 1. The maximum atomic E-state index is 14.0. The van der Waals surface area contributed by atoms with E-state index in [9.17, 15) is 4.39 Å². The quantitative estimate of drug-likeness (QED) is 0.618. The van der Waals surface area contributed by atoms with Crippen LogP contribution in [0.5, 0.6) is 0 Å². The molecule has 2 heterocycles. The van der Waals surface area contributed by atoms with Crippen molar-refractivity contribution in [3.05, 3.63) is 64.5 Å². The van der Waals surface area contributed by atoms with Crippen LogP contribution >= 0.6 is 12.2 Å². The molecule has 0 fully saturated rings. The van der Waals surface area contributed by atoms with E-state index in [1.54, 1.807) is 16.8 Å². The van der Waals surface area contributed by atoms with Crippen LogP contribution in [0.4, 0.5) is 10.1 Å². The van der Waals surface area contributed by atoms with E-state index in [1.807, 2.05) is 37.7 Å². The predicted molar refractivity (Wildman–Crippen MR) is 113 cm³/mol. The number of nitrogens with zero attached hydrogens (tertiary/aromatic N) is 4. The van der Waals surface area contributed by atoms with Crippen molar-refractivity contribution in [2.45, 2.75) is 47.3 Å². The van der Waals surface area contributed by atoms with Gasteiger partial charge < -0.3 is 10.6 Å². The highest BCUT2D eigenvalue weighted by atomic mass is 32.1. The molecule has 0 radical (unpaired) electrons. The summed E-state index contributed by atoms with van der Waals surface area (Å²) >= 11 is 5.45. The molecule has 0 aliphatic carbocycles. The summed E-state index contributed by atoms with van der Waals surface area (Å²) in [5, 5.41) is 15.9. The molecule has 2 N–H and O–H groups in total. The Kier molecular flexibility index (Phi) is 6.08. The number of rotatable bonds is 6. The van der Waals surface area contributed by atoms with Crippen molar-refractivity contribution >= 4 is 23.0 Å². The fraction of sp³-hybridized carbons (Fsp3) is 0.350. The highest BCUT2D eigenvalue weighted by molar-refractivity contribution is 7.80. The average molecular weight is 401 g/mol. The minimum absolute atomic E-state index is 0.232. The number of thiocarbonyl (C=S) groups is 1. The van der Waals surface area contributed by atoms with Gasteiger partial charge in [0.05, 0.1) is 29.3 Å². The summed E-state index contributed by atoms with van der Waals surface area (Å²) in [6, 6.07) is 6.74. The maximum Gasteiger partial charge on any atom is 0.171 e. The molecule has 8 heteroatoms. The second-order valence-electron chi connectivity index (χ2n) is 6.70. The molecule has 0 bridgehead atoms. The predicted octanol–water partition coefficient (Wildman–Crippen LogP) is 3.70. The first-order valence-electron chi connectivity index (χ1n) is 9.24. The Labute approximate surface area is 169 Å². The van der Waals surface area contributed by atoms with Gasteiger partial charge in [-0.25, -0.2) is 4.39 Å². The van der Waals surface area contributed by atoms with E-state index in [0.717, 1.165) is 34.9 Å². The van der Waals surface area contributed by atoms with Crippen molar-refractivity contribution < 1.29 is 4.39 Å². The van der Waals surface area contributed by atoms with Crippen molar-refractivity contribution in [2.75, 3.05) is 5.32 Å². The zero-order valence-electron chi connectivity index (χ0n) is 16.6. The molecule has 3 rings (SSSR count). The summed E-state index contributed by atoms with van der Waals surface area (Å²) in [7, 11) is 0. The molecule has 0 unspecified atom stereocenters.